The second-order valence-electron chi connectivity index (χ2n) is 2.77. The van der Waals surface area contributed by atoms with Crippen LogP contribution in [0.3, 0.4) is 0 Å². The van der Waals surface area contributed by atoms with Gasteiger partial charge >= 0.3 is 5.97 Å². The molecule has 0 heterocycles. The molecule has 3 nitrogen and oxygen atoms in total. The van der Waals surface area contributed by atoms with Crippen LogP contribution in [0.2, 0.25) is 0 Å². The van der Waals surface area contributed by atoms with Crippen LogP contribution in [0.4, 0.5) is 0 Å². The molecule has 0 aliphatic carbocycles. The molecule has 72 valence electrons. The first-order valence-electron chi connectivity index (χ1n) is 4.40. The Morgan fingerprint density at radius 3 is 2.50 bits per heavy atom. The number of carbonyl (C=O) groups is 1. The van der Waals surface area contributed by atoms with Gasteiger partial charge in [-0.2, -0.15) is 0 Å². The van der Waals surface area contributed by atoms with Gasteiger partial charge in [-0.3, -0.25) is 4.79 Å². The van der Waals surface area contributed by atoms with E-state index in [0.717, 1.165) is 25.7 Å². The molecule has 12 heavy (non-hydrogen) atoms. The fourth-order valence-corrected chi connectivity index (χ4v) is 0.971. The molecule has 0 aliphatic rings. The molecule has 0 saturated carbocycles. The minimum atomic E-state index is -0.353. The number of hydrogen-bond donors (Lipinski definition) is 0. The Morgan fingerprint density at radius 2 is 2.08 bits per heavy atom. The first-order chi connectivity index (χ1) is 5.70. The number of unbranched alkanes of at least 4 members (excludes halogenated alkanes) is 2. The zero-order valence-electron chi connectivity index (χ0n) is 8.13. The van der Waals surface area contributed by atoms with Crippen LogP contribution >= 0.6 is 0 Å². The Labute approximate surface area is 74.0 Å². The van der Waals surface area contributed by atoms with E-state index in [1.807, 2.05) is 0 Å². The van der Waals surface area contributed by atoms with Gasteiger partial charge in [-0.15, -0.1) is 0 Å². The van der Waals surface area contributed by atoms with E-state index < -0.39 is 0 Å². The van der Waals surface area contributed by atoms with Crippen molar-refractivity contribution >= 4 is 5.97 Å². The van der Waals surface area contributed by atoms with Crippen molar-refractivity contribution in [3.8, 4) is 0 Å². The normalized spacial score (nSPS) is 12.6. The second-order valence-corrected chi connectivity index (χ2v) is 2.77. The monoisotopic (exact) mass is 174 g/mol. The first kappa shape index (κ1) is 11.4. The Balaban J connectivity index is 3.46. The number of esters is 1. The van der Waals surface area contributed by atoms with E-state index in [1.54, 1.807) is 7.11 Å². The SMILES string of the molecule is CCCCCC(OC)OC(C)=O. The van der Waals surface area contributed by atoms with Crippen molar-refractivity contribution < 1.29 is 14.3 Å². The average Bonchev–Trinajstić information content (AvgIpc) is 2.02. The summed E-state index contributed by atoms with van der Waals surface area (Å²) in [6, 6.07) is 0. The van der Waals surface area contributed by atoms with Gasteiger partial charge in [-0.05, 0) is 6.42 Å². The summed E-state index contributed by atoms with van der Waals surface area (Å²) in [5.74, 6) is -0.279. The summed E-state index contributed by atoms with van der Waals surface area (Å²) >= 11 is 0. The van der Waals surface area contributed by atoms with Crippen LogP contribution in [0.25, 0.3) is 0 Å². The predicted octanol–water partition coefficient (Wildman–Crippen LogP) is 2.10. The lowest BCUT2D eigenvalue weighted by Crippen LogP contribution is -2.18. The molecule has 0 bridgehead atoms. The fraction of sp³-hybridized carbons (Fsp3) is 0.889. The van der Waals surface area contributed by atoms with Crippen LogP contribution in [-0.4, -0.2) is 19.4 Å². The van der Waals surface area contributed by atoms with Gasteiger partial charge in [0.2, 0.25) is 6.29 Å². The minimum Gasteiger partial charge on any atom is -0.436 e. The van der Waals surface area contributed by atoms with Crippen LogP contribution < -0.4 is 0 Å². The van der Waals surface area contributed by atoms with Gasteiger partial charge in [0.1, 0.15) is 0 Å². The van der Waals surface area contributed by atoms with Gasteiger partial charge in [0, 0.05) is 20.5 Å². The van der Waals surface area contributed by atoms with Gasteiger partial charge in [-0.25, -0.2) is 0 Å². The van der Waals surface area contributed by atoms with Crippen LogP contribution in [0, 0.1) is 0 Å². The number of hydrogen-bond acceptors (Lipinski definition) is 3. The Morgan fingerprint density at radius 1 is 1.42 bits per heavy atom. The summed E-state index contributed by atoms with van der Waals surface area (Å²) in [5.41, 5.74) is 0. The molecular formula is C9H18O3. The maximum absolute atomic E-state index is 10.5. The van der Waals surface area contributed by atoms with E-state index in [4.69, 9.17) is 9.47 Å². The van der Waals surface area contributed by atoms with Crippen LogP contribution in [0.15, 0.2) is 0 Å². The van der Waals surface area contributed by atoms with Gasteiger partial charge < -0.3 is 9.47 Å². The topological polar surface area (TPSA) is 35.5 Å². The number of rotatable bonds is 6. The van der Waals surface area contributed by atoms with Crippen molar-refractivity contribution in [1.29, 1.82) is 0 Å². The Kier molecular flexibility index (Phi) is 6.76. The van der Waals surface area contributed by atoms with Gasteiger partial charge in [0.25, 0.3) is 0 Å². The highest BCUT2D eigenvalue weighted by atomic mass is 16.7. The van der Waals surface area contributed by atoms with Crippen LogP contribution in [-0.2, 0) is 14.3 Å². The second kappa shape index (κ2) is 7.10. The summed E-state index contributed by atoms with van der Waals surface area (Å²) in [7, 11) is 1.56. The van der Waals surface area contributed by atoms with E-state index >= 15 is 0 Å². The Bertz CT molecular complexity index is 123. The minimum absolute atomic E-state index is 0.279. The molecule has 1 unspecified atom stereocenters. The molecule has 0 aromatic rings. The van der Waals surface area contributed by atoms with E-state index in [9.17, 15) is 4.79 Å². The summed E-state index contributed by atoms with van der Waals surface area (Å²) in [4.78, 5) is 10.5. The molecule has 0 aliphatic heterocycles. The van der Waals surface area contributed by atoms with Crippen molar-refractivity contribution in [2.45, 2.75) is 45.8 Å². The van der Waals surface area contributed by atoms with Crippen molar-refractivity contribution in [2.75, 3.05) is 7.11 Å². The molecule has 0 N–H and O–H groups in total. The largest absolute Gasteiger partial charge is 0.436 e. The van der Waals surface area contributed by atoms with Crippen LogP contribution in [0.1, 0.15) is 39.5 Å². The molecule has 3 heteroatoms. The third-order valence-electron chi connectivity index (χ3n) is 1.60. The van der Waals surface area contributed by atoms with Crippen molar-refractivity contribution in [3.63, 3.8) is 0 Å². The lowest BCUT2D eigenvalue weighted by Gasteiger charge is -2.14. The molecule has 0 saturated heterocycles. The van der Waals surface area contributed by atoms with E-state index in [2.05, 4.69) is 6.92 Å². The average molecular weight is 174 g/mol. The lowest BCUT2D eigenvalue weighted by molar-refractivity contribution is -0.172. The highest BCUT2D eigenvalue weighted by Gasteiger charge is 2.08. The fourth-order valence-electron chi connectivity index (χ4n) is 0.971. The van der Waals surface area contributed by atoms with Gasteiger partial charge in [0.05, 0.1) is 0 Å². The van der Waals surface area contributed by atoms with Gasteiger partial charge in [-0.1, -0.05) is 19.8 Å². The summed E-state index contributed by atoms with van der Waals surface area (Å²) in [6.07, 6.45) is 3.80. The predicted molar refractivity (Wildman–Crippen MR) is 46.7 cm³/mol. The van der Waals surface area contributed by atoms with E-state index in [0.29, 0.717) is 0 Å². The first-order valence-corrected chi connectivity index (χ1v) is 4.40. The summed E-state index contributed by atoms with van der Waals surface area (Å²) in [6.45, 7) is 3.53. The zero-order valence-corrected chi connectivity index (χ0v) is 8.13. The smallest absolute Gasteiger partial charge is 0.304 e. The van der Waals surface area contributed by atoms with Crippen molar-refractivity contribution in [1.82, 2.24) is 0 Å². The molecule has 1 atom stereocenters. The Hall–Kier alpha value is -0.570. The molecular weight excluding hydrogens is 156 g/mol. The third kappa shape index (κ3) is 6.16. The van der Waals surface area contributed by atoms with E-state index in [-0.39, 0.29) is 12.3 Å². The van der Waals surface area contributed by atoms with Gasteiger partial charge in [0.15, 0.2) is 0 Å². The maximum Gasteiger partial charge on any atom is 0.304 e. The number of methoxy groups -OCH3 is 1. The molecule has 0 spiro atoms. The molecule has 0 rings (SSSR count). The molecule has 0 amide bonds. The highest BCUT2D eigenvalue weighted by molar-refractivity contribution is 5.66. The van der Waals surface area contributed by atoms with Crippen molar-refractivity contribution in [2.24, 2.45) is 0 Å². The molecule has 0 radical (unpaired) electrons. The highest BCUT2D eigenvalue weighted by Crippen LogP contribution is 2.07. The summed E-state index contributed by atoms with van der Waals surface area (Å²) in [5, 5.41) is 0. The third-order valence-corrected chi connectivity index (χ3v) is 1.60. The lowest BCUT2D eigenvalue weighted by atomic mass is 10.2. The molecule has 0 fully saturated rings. The molecule has 0 aromatic heterocycles. The quantitative estimate of drug-likeness (QED) is 0.351. The van der Waals surface area contributed by atoms with Crippen LogP contribution in [0.5, 0.6) is 0 Å². The number of carbonyl (C=O) groups excluding carboxylic acids is 1. The summed E-state index contributed by atoms with van der Waals surface area (Å²) < 4.78 is 9.85. The maximum atomic E-state index is 10.5. The molecule has 0 aromatic carbocycles. The number of ether oxygens (including phenoxy) is 2. The van der Waals surface area contributed by atoms with Crippen molar-refractivity contribution in [3.05, 3.63) is 0 Å². The zero-order chi connectivity index (χ0) is 9.40. The standard InChI is InChI=1S/C9H18O3/c1-4-5-6-7-9(11-3)12-8(2)10/h9H,4-7H2,1-3H3. The van der Waals surface area contributed by atoms with E-state index in [1.165, 1.54) is 6.92 Å².